The molecule has 9 heavy (non-hydrogen) atoms. The Morgan fingerprint density at radius 2 is 2.33 bits per heavy atom. The Bertz CT molecular complexity index is 141. The maximum atomic E-state index is 9.37. The Balaban J connectivity index is 2.34. The molecule has 0 saturated heterocycles. The van der Waals surface area contributed by atoms with Gasteiger partial charge in [0.15, 0.2) is 0 Å². The van der Waals surface area contributed by atoms with E-state index in [1.54, 1.807) is 0 Å². The third-order valence-electron chi connectivity index (χ3n) is 2.09. The molecule has 0 amide bonds. The number of hydrogen-bond donors (Lipinski definition) is 1. The van der Waals surface area contributed by atoms with Gasteiger partial charge in [-0.1, -0.05) is 6.92 Å². The highest BCUT2D eigenvalue weighted by Gasteiger charge is 2.40. The number of nitrogens with zero attached hydrogens (tertiary/aromatic N) is 1. The summed E-state index contributed by atoms with van der Waals surface area (Å²) >= 11 is 0. The van der Waals surface area contributed by atoms with Gasteiger partial charge in [-0.3, -0.25) is 0 Å². The topological polar surface area (TPSA) is 44.0 Å². The first-order valence-electron chi connectivity index (χ1n) is 3.32. The van der Waals surface area contributed by atoms with Crippen molar-refractivity contribution in [1.29, 1.82) is 5.26 Å². The Morgan fingerprint density at radius 1 is 1.78 bits per heavy atom. The second-order valence-electron chi connectivity index (χ2n) is 2.81. The summed E-state index contributed by atoms with van der Waals surface area (Å²) in [7, 11) is 0. The van der Waals surface area contributed by atoms with E-state index in [2.05, 4.69) is 6.07 Å². The van der Waals surface area contributed by atoms with Crippen LogP contribution in [0.1, 0.15) is 26.2 Å². The van der Waals surface area contributed by atoms with E-state index in [9.17, 15) is 5.11 Å². The lowest BCUT2D eigenvalue weighted by Gasteiger charge is -2.39. The standard InChI is InChI=1S/C7H11NO/c1-2-7(9)3-6(4-7)5-8/h6,9H,2-4H2,1H3. The lowest BCUT2D eigenvalue weighted by atomic mass is 9.70. The summed E-state index contributed by atoms with van der Waals surface area (Å²) in [6.45, 7) is 1.95. The predicted octanol–water partition coefficient (Wildman–Crippen LogP) is 1.06. The van der Waals surface area contributed by atoms with Gasteiger partial charge in [-0.05, 0) is 19.3 Å². The zero-order valence-corrected chi connectivity index (χ0v) is 5.59. The summed E-state index contributed by atoms with van der Waals surface area (Å²) in [4.78, 5) is 0. The summed E-state index contributed by atoms with van der Waals surface area (Å²) in [5, 5.41) is 17.7. The van der Waals surface area contributed by atoms with Crippen LogP contribution in [0.4, 0.5) is 0 Å². The van der Waals surface area contributed by atoms with Crippen LogP contribution in [-0.2, 0) is 0 Å². The van der Waals surface area contributed by atoms with E-state index in [-0.39, 0.29) is 5.92 Å². The minimum Gasteiger partial charge on any atom is -0.390 e. The fraction of sp³-hybridized carbons (Fsp3) is 0.857. The molecule has 0 unspecified atom stereocenters. The van der Waals surface area contributed by atoms with E-state index in [1.807, 2.05) is 6.92 Å². The maximum absolute atomic E-state index is 9.37. The van der Waals surface area contributed by atoms with E-state index in [0.717, 1.165) is 6.42 Å². The second-order valence-corrected chi connectivity index (χ2v) is 2.81. The van der Waals surface area contributed by atoms with Gasteiger partial charge in [-0.25, -0.2) is 0 Å². The molecule has 1 rings (SSSR count). The zero-order valence-electron chi connectivity index (χ0n) is 5.59. The van der Waals surface area contributed by atoms with Gasteiger partial charge in [-0.2, -0.15) is 5.26 Å². The van der Waals surface area contributed by atoms with Gasteiger partial charge in [0.05, 0.1) is 17.6 Å². The molecule has 0 aliphatic heterocycles. The van der Waals surface area contributed by atoms with Gasteiger partial charge in [0.1, 0.15) is 0 Å². The molecule has 1 saturated carbocycles. The number of hydrogen-bond acceptors (Lipinski definition) is 2. The quantitative estimate of drug-likeness (QED) is 0.569. The fourth-order valence-corrected chi connectivity index (χ4v) is 1.24. The molecule has 0 atom stereocenters. The molecule has 0 aromatic rings. The van der Waals surface area contributed by atoms with E-state index in [0.29, 0.717) is 12.8 Å². The molecule has 1 N–H and O–H groups in total. The third-order valence-corrected chi connectivity index (χ3v) is 2.09. The molecule has 0 bridgehead atoms. The molecule has 0 radical (unpaired) electrons. The van der Waals surface area contributed by atoms with Gasteiger partial charge in [0.25, 0.3) is 0 Å². The molecule has 0 aromatic carbocycles. The molecule has 1 aliphatic carbocycles. The normalized spacial score (nSPS) is 41.2. The average molecular weight is 125 g/mol. The minimum absolute atomic E-state index is 0.120. The molecule has 2 nitrogen and oxygen atoms in total. The first-order chi connectivity index (χ1) is 4.20. The molecule has 0 heterocycles. The molecular formula is C7H11NO. The Morgan fingerprint density at radius 3 is 2.67 bits per heavy atom. The van der Waals surface area contributed by atoms with E-state index in [1.165, 1.54) is 0 Å². The predicted molar refractivity (Wildman–Crippen MR) is 33.6 cm³/mol. The van der Waals surface area contributed by atoms with Crippen LogP contribution < -0.4 is 0 Å². The first kappa shape index (κ1) is 6.57. The van der Waals surface area contributed by atoms with Crippen molar-refractivity contribution in [2.45, 2.75) is 31.8 Å². The van der Waals surface area contributed by atoms with Crippen LogP contribution in [-0.4, -0.2) is 10.7 Å². The van der Waals surface area contributed by atoms with Crippen LogP contribution in [0.25, 0.3) is 0 Å². The van der Waals surface area contributed by atoms with Crippen molar-refractivity contribution in [2.24, 2.45) is 5.92 Å². The Hall–Kier alpha value is -0.550. The summed E-state index contributed by atoms with van der Waals surface area (Å²) in [5.74, 6) is 0.120. The molecule has 50 valence electrons. The van der Waals surface area contributed by atoms with Crippen molar-refractivity contribution in [3.63, 3.8) is 0 Å². The lowest BCUT2D eigenvalue weighted by molar-refractivity contribution is -0.0591. The SMILES string of the molecule is CCC1(O)CC(C#N)C1. The molecule has 0 aromatic heterocycles. The van der Waals surface area contributed by atoms with Crippen molar-refractivity contribution < 1.29 is 5.11 Å². The van der Waals surface area contributed by atoms with Crippen molar-refractivity contribution in [3.05, 3.63) is 0 Å². The zero-order chi connectivity index (χ0) is 6.91. The fourth-order valence-electron chi connectivity index (χ4n) is 1.24. The van der Waals surface area contributed by atoms with Gasteiger partial charge in [-0.15, -0.1) is 0 Å². The summed E-state index contributed by atoms with van der Waals surface area (Å²) in [6, 6.07) is 2.13. The summed E-state index contributed by atoms with van der Waals surface area (Å²) in [5.41, 5.74) is -0.486. The molecule has 1 fully saturated rings. The van der Waals surface area contributed by atoms with Crippen LogP contribution >= 0.6 is 0 Å². The summed E-state index contributed by atoms with van der Waals surface area (Å²) < 4.78 is 0. The molecule has 0 spiro atoms. The second kappa shape index (κ2) is 2.00. The van der Waals surface area contributed by atoms with Crippen molar-refractivity contribution in [3.8, 4) is 6.07 Å². The van der Waals surface area contributed by atoms with Gasteiger partial charge >= 0.3 is 0 Å². The van der Waals surface area contributed by atoms with E-state index in [4.69, 9.17) is 5.26 Å². The van der Waals surface area contributed by atoms with Crippen LogP contribution in [0.5, 0.6) is 0 Å². The molecule has 1 aliphatic rings. The monoisotopic (exact) mass is 125 g/mol. The largest absolute Gasteiger partial charge is 0.390 e. The van der Waals surface area contributed by atoms with E-state index >= 15 is 0 Å². The number of aliphatic hydroxyl groups is 1. The van der Waals surface area contributed by atoms with Crippen molar-refractivity contribution in [1.82, 2.24) is 0 Å². The van der Waals surface area contributed by atoms with Gasteiger partial charge in [0.2, 0.25) is 0 Å². The summed E-state index contributed by atoms with van der Waals surface area (Å²) in [6.07, 6.45) is 2.14. The highest BCUT2D eigenvalue weighted by molar-refractivity contribution is 5.02. The third kappa shape index (κ3) is 1.06. The van der Waals surface area contributed by atoms with E-state index < -0.39 is 5.60 Å². The first-order valence-corrected chi connectivity index (χ1v) is 3.32. The van der Waals surface area contributed by atoms with Crippen molar-refractivity contribution >= 4 is 0 Å². The Kier molecular flexibility index (Phi) is 1.46. The van der Waals surface area contributed by atoms with Crippen LogP contribution in [0.2, 0.25) is 0 Å². The average Bonchev–Trinajstić information content (AvgIpc) is 1.81. The molecular weight excluding hydrogens is 114 g/mol. The van der Waals surface area contributed by atoms with Crippen molar-refractivity contribution in [2.75, 3.05) is 0 Å². The Labute approximate surface area is 55.1 Å². The maximum Gasteiger partial charge on any atom is 0.0670 e. The lowest BCUT2D eigenvalue weighted by Crippen LogP contribution is -2.42. The minimum atomic E-state index is -0.486. The van der Waals surface area contributed by atoms with Gasteiger partial charge in [0, 0.05) is 0 Å². The van der Waals surface area contributed by atoms with Crippen LogP contribution in [0.15, 0.2) is 0 Å². The highest BCUT2D eigenvalue weighted by Crippen LogP contribution is 2.39. The smallest absolute Gasteiger partial charge is 0.0670 e. The highest BCUT2D eigenvalue weighted by atomic mass is 16.3. The molecule has 2 heteroatoms. The van der Waals surface area contributed by atoms with Crippen LogP contribution in [0.3, 0.4) is 0 Å². The number of rotatable bonds is 1. The van der Waals surface area contributed by atoms with Gasteiger partial charge < -0.3 is 5.11 Å². The number of nitriles is 1. The van der Waals surface area contributed by atoms with Crippen LogP contribution in [0, 0.1) is 17.2 Å².